The van der Waals surface area contributed by atoms with Crippen molar-refractivity contribution in [1.82, 2.24) is 4.90 Å². The van der Waals surface area contributed by atoms with Gasteiger partial charge < -0.3 is 10.6 Å². The fourth-order valence-electron chi connectivity index (χ4n) is 2.76. The summed E-state index contributed by atoms with van der Waals surface area (Å²) in [5.74, 6) is 0.886. The van der Waals surface area contributed by atoms with E-state index in [1.54, 1.807) is 0 Å². The Balaban J connectivity index is 2.37. The molecule has 1 fully saturated rings. The molecule has 0 radical (unpaired) electrons. The Bertz CT molecular complexity index is 230. The topological polar surface area (TPSA) is 46.3 Å². The highest BCUT2D eigenvalue weighted by molar-refractivity contribution is 5.76. The van der Waals surface area contributed by atoms with Crippen LogP contribution in [0.4, 0.5) is 0 Å². The van der Waals surface area contributed by atoms with Crippen molar-refractivity contribution in [3.8, 4) is 0 Å². The van der Waals surface area contributed by atoms with Gasteiger partial charge >= 0.3 is 0 Å². The number of carbonyl (C=O) groups excluding carboxylic acids is 1. The summed E-state index contributed by atoms with van der Waals surface area (Å²) in [5, 5.41) is 0. The lowest BCUT2D eigenvalue weighted by molar-refractivity contribution is -0.136. The van der Waals surface area contributed by atoms with Gasteiger partial charge in [0.2, 0.25) is 5.91 Å². The van der Waals surface area contributed by atoms with Crippen LogP contribution in [-0.4, -0.2) is 29.9 Å². The van der Waals surface area contributed by atoms with E-state index in [9.17, 15) is 4.79 Å². The summed E-state index contributed by atoms with van der Waals surface area (Å²) in [4.78, 5) is 14.2. The van der Waals surface area contributed by atoms with Crippen molar-refractivity contribution in [1.29, 1.82) is 0 Å². The largest absolute Gasteiger partial charge is 0.338 e. The van der Waals surface area contributed by atoms with E-state index in [1.807, 2.05) is 4.90 Å². The Morgan fingerprint density at radius 3 is 2.76 bits per heavy atom. The first kappa shape index (κ1) is 14.5. The van der Waals surface area contributed by atoms with Gasteiger partial charge in [-0.25, -0.2) is 0 Å². The quantitative estimate of drug-likeness (QED) is 0.725. The van der Waals surface area contributed by atoms with Gasteiger partial charge in [0.15, 0.2) is 0 Å². The maximum atomic E-state index is 12.1. The van der Waals surface area contributed by atoms with E-state index in [1.165, 1.54) is 25.7 Å². The van der Waals surface area contributed by atoms with Crippen LogP contribution >= 0.6 is 0 Å². The van der Waals surface area contributed by atoms with Crippen LogP contribution in [0.25, 0.3) is 0 Å². The van der Waals surface area contributed by atoms with Crippen molar-refractivity contribution in [2.24, 2.45) is 11.7 Å². The number of nitrogens with two attached hydrogens (primary N) is 1. The van der Waals surface area contributed by atoms with Gasteiger partial charge in [0.1, 0.15) is 0 Å². The highest BCUT2D eigenvalue weighted by atomic mass is 16.2. The molecule has 0 saturated carbocycles. The van der Waals surface area contributed by atoms with Gasteiger partial charge in [-0.1, -0.05) is 33.1 Å². The lowest BCUT2D eigenvalue weighted by Gasteiger charge is -2.39. The molecule has 0 bridgehead atoms. The molecule has 1 amide bonds. The molecular formula is C14H28N2O. The van der Waals surface area contributed by atoms with Crippen molar-refractivity contribution in [3.63, 3.8) is 0 Å². The second-order valence-corrected chi connectivity index (χ2v) is 5.32. The number of nitrogens with zero attached hydrogens (tertiary/aromatic N) is 1. The molecule has 1 heterocycles. The molecule has 3 heteroatoms. The molecule has 1 rings (SSSR count). The molecule has 0 aromatic rings. The highest BCUT2D eigenvalue weighted by Crippen LogP contribution is 2.23. The average Bonchev–Trinajstić information content (AvgIpc) is 2.34. The fraction of sp³-hybridized carbons (Fsp3) is 0.929. The van der Waals surface area contributed by atoms with E-state index >= 15 is 0 Å². The number of hydrogen-bond acceptors (Lipinski definition) is 2. The molecule has 2 unspecified atom stereocenters. The molecule has 3 nitrogen and oxygen atoms in total. The summed E-state index contributed by atoms with van der Waals surface area (Å²) in [6, 6.07) is 0.280. The van der Waals surface area contributed by atoms with Crippen LogP contribution in [0.5, 0.6) is 0 Å². The molecule has 0 aliphatic carbocycles. The second kappa shape index (κ2) is 7.70. The van der Waals surface area contributed by atoms with Crippen LogP contribution in [-0.2, 0) is 4.79 Å². The van der Waals surface area contributed by atoms with Gasteiger partial charge in [-0.05, 0) is 25.2 Å². The number of likely N-dealkylation sites (tertiary alicyclic amines) is 1. The number of unbranched alkanes of at least 4 members (excludes halogenated alkanes) is 3. The van der Waals surface area contributed by atoms with E-state index < -0.39 is 0 Å². The minimum Gasteiger partial charge on any atom is -0.338 e. The number of hydrogen-bond donors (Lipinski definition) is 1. The molecule has 1 aliphatic heterocycles. The maximum Gasteiger partial charge on any atom is 0.222 e. The van der Waals surface area contributed by atoms with Gasteiger partial charge in [0.05, 0.1) is 0 Å². The van der Waals surface area contributed by atoms with Crippen molar-refractivity contribution in [2.75, 3.05) is 13.1 Å². The molecule has 1 saturated heterocycles. The molecule has 100 valence electrons. The minimum absolute atomic E-state index is 0.280. The van der Waals surface area contributed by atoms with Crippen molar-refractivity contribution < 1.29 is 4.79 Å². The normalized spacial score (nSPS) is 25.0. The fourth-order valence-corrected chi connectivity index (χ4v) is 2.76. The molecule has 2 N–H and O–H groups in total. The monoisotopic (exact) mass is 240 g/mol. The first-order chi connectivity index (χ1) is 8.20. The molecule has 0 aromatic heterocycles. The standard InChI is InChI=1S/C14H28N2O/c1-3-4-5-6-9-14(17)16-10-7-8-12(2)13(16)11-15/h12-13H,3-11,15H2,1-2H3. The van der Waals surface area contributed by atoms with Crippen LogP contribution in [0.15, 0.2) is 0 Å². The number of rotatable bonds is 6. The van der Waals surface area contributed by atoms with Crippen molar-refractivity contribution >= 4 is 5.91 Å². The third kappa shape index (κ3) is 4.30. The first-order valence-electron chi connectivity index (χ1n) is 7.20. The Labute approximate surface area is 106 Å². The molecule has 0 aromatic carbocycles. The van der Waals surface area contributed by atoms with E-state index in [-0.39, 0.29) is 6.04 Å². The number of piperidine rings is 1. The second-order valence-electron chi connectivity index (χ2n) is 5.32. The van der Waals surface area contributed by atoms with E-state index in [0.29, 0.717) is 24.8 Å². The Morgan fingerprint density at radius 1 is 1.35 bits per heavy atom. The van der Waals surface area contributed by atoms with Crippen molar-refractivity contribution in [2.45, 2.75) is 64.8 Å². The predicted octanol–water partition coefficient (Wildman–Crippen LogP) is 2.54. The van der Waals surface area contributed by atoms with Gasteiger partial charge in [0, 0.05) is 25.6 Å². The lowest BCUT2D eigenvalue weighted by atomic mass is 9.90. The maximum absolute atomic E-state index is 12.1. The van der Waals surface area contributed by atoms with Crippen LogP contribution in [0.1, 0.15) is 58.8 Å². The van der Waals surface area contributed by atoms with Crippen LogP contribution in [0.3, 0.4) is 0 Å². The Hall–Kier alpha value is -0.570. The molecule has 2 atom stereocenters. The molecule has 17 heavy (non-hydrogen) atoms. The number of amides is 1. The zero-order valence-corrected chi connectivity index (χ0v) is 11.5. The molecule has 0 spiro atoms. The van der Waals surface area contributed by atoms with E-state index in [0.717, 1.165) is 19.4 Å². The summed E-state index contributed by atoms with van der Waals surface area (Å²) in [6.07, 6.45) is 7.74. The van der Waals surface area contributed by atoms with Gasteiger partial charge in [-0.2, -0.15) is 0 Å². The van der Waals surface area contributed by atoms with Gasteiger partial charge in [0.25, 0.3) is 0 Å². The summed E-state index contributed by atoms with van der Waals surface area (Å²) >= 11 is 0. The summed E-state index contributed by atoms with van der Waals surface area (Å²) in [6.45, 7) is 5.94. The SMILES string of the molecule is CCCCCCC(=O)N1CCCC(C)C1CN. The lowest BCUT2D eigenvalue weighted by Crippen LogP contribution is -2.51. The van der Waals surface area contributed by atoms with Crippen LogP contribution < -0.4 is 5.73 Å². The molecular weight excluding hydrogens is 212 g/mol. The summed E-state index contributed by atoms with van der Waals surface area (Å²) in [7, 11) is 0. The Kier molecular flexibility index (Phi) is 6.56. The number of carbonyl (C=O) groups is 1. The zero-order chi connectivity index (χ0) is 12.7. The van der Waals surface area contributed by atoms with E-state index in [4.69, 9.17) is 5.73 Å². The predicted molar refractivity (Wildman–Crippen MR) is 71.7 cm³/mol. The van der Waals surface area contributed by atoms with Crippen LogP contribution in [0, 0.1) is 5.92 Å². The van der Waals surface area contributed by atoms with Gasteiger partial charge in [-0.15, -0.1) is 0 Å². The smallest absolute Gasteiger partial charge is 0.222 e. The third-order valence-electron chi connectivity index (χ3n) is 3.92. The first-order valence-corrected chi connectivity index (χ1v) is 7.20. The average molecular weight is 240 g/mol. The van der Waals surface area contributed by atoms with Crippen LogP contribution in [0.2, 0.25) is 0 Å². The minimum atomic E-state index is 0.280. The van der Waals surface area contributed by atoms with Gasteiger partial charge in [-0.3, -0.25) is 4.79 Å². The van der Waals surface area contributed by atoms with E-state index in [2.05, 4.69) is 13.8 Å². The summed E-state index contributed by atoms with van der Waals surface area (Å²) in [5.41, 5.74) is 5.80. The van der Waals surface area contributed by atoms with Crippen molar-refractivity contribution in [3.05, 3.63) is 0 Å². The highest BCUT2D eigenvalue weighted by Gasteiger charge is 2.30. The third-order valence-corrected chi connectivity index (χ3v) is 3.92. The summed E-state index contributed by atoms with van der Waals surface area (Å²) < 4.78 is 0. The zero-order valence-electron chi connectivity index (χ0n) is 11.5. The Morgan fingerprint density at radius 2 is 2.12 bits per heavy atom. The molecule has 1 aliphatic rings.